The number of amides is 1. The molecule has 5 nitrogen and oxygen atoms in total. The van der Waals surface area contributed by atoms with Crippen molar-refractivity contribution in [3.05, 3.63) is 52.4 Å². The number of nitrogens with zero attached hydrogens (tertiary/aromatic N) is 1. The first-order chi connectivity index (χ1) is 11.1. The Bertz CT molecular complexity index is 851. The van der Waals surface area contributed by atoms with Crippen molar-refractivity contribution in [3.8, 4) is 16.3 Å². The van der Waals surface area contributed by atoms with Crippen LogP contribution in [0.3, 0.4) is 0 Å². The fraction of sp³-hybridized carbons (Fsp3) is 0.176. The van der Waals surface area contributed by atoms with Gasteiger partial charge in [-0.3, -0.25) is 9.89 Å². The van der Waals surface area contributed by atoms with E-state index >= 15 is 0 Å². The van der Waals surface area contributed by atoms with Crippen molar-refractivity contribution in [3.63, 3.8) is 0 Å². The average Bonchev–Trinajstić information content (AvgIpc) is 3.16. The van der Waals surface area contributed by atoms with Crippen LogP contribution in [-0.2, 0) is 0 Å². The quantitative estimate of drug-likeness (QED) is 0.760. The molecule has 2 heterocycles. The summed E-state index contributed by atoms with van der Waals surface area (Å²) < 4.78 is 5.25. The molecule has 1 aromatic carbocycles. The van der Waals surface area contributed by atoms with Crippen molar-refractivity contribution in [1.82, 2.24) is 10.2 Å². The van der Waals surface area contributed by atoms with Crippen molar-refractivity contribution in [1.29, 1.82) is 0 Å². The van der Waals surface area contributed by atoms with Crippen LogP contribution in [0.15, 0.2) is 36.4 Å². The smallest absolute Gasteiger partial charge is 0.260 e. The highest BCUT2D eigenvalue weighted by Gasteiger charge is 2.14. The number of nitrogens with one attached hydrogen (secondary N) is 2. The summed E-state index contributed by atoms with van der Waals surface area (Å²) in [6, 6.07) is 11.4. The zero-order valence-corrected chi connectivity index (χ0v) is 14.0. The van der Waals surface area contributed by atoms with Crippen molar-refractivity contribution in [2.45, 2.75) is 13.8 Å². The molecular formula is C17H17N3O2S. The Balaban J connectivity index is 1.81. The van der Waals surface area contributed by atoms with Crippen molar-refractivity contribution >= 4 is 23.1 Å². The summed E-state index contributed by atoms with van der Waals surface area (Å²) in [5.74, 6) is 0.781. The second kappa shape index (κ2) is 6.26. The second-order valence-electron chi connectivity index (χ2n) is 5.24. The molecule has 0 aliphatic carbocycles. The highest BCUT2D eigenvalue weighted by Crippen LogP contribution is 2.28. The van der Waals surface area contributed by atoms with Gasteiger partial charge in [0.05, 0.1) is 23.2 Å². The molecule has 2 aromatic heterocycles. The number of hydrogen-bond acceptors (Lipinski definition) is 4. The molecule has 0 fully saturated rings. The molecule has 0 aliphatic heterocycles. The second-order valence-corrected chi connectivity index (χ2v) is 6.52. The van der Waals surface area contributed by atoms with Gasteiger partial charge in [-0.25, -0.2) is 0 Å². The SMILES string of the molecule is COc1ccc(C)cc1C(=O)Nc1cc(-c2ccc(C)s2)[nH]n1. The zero-order valence-electron chi connectivity index (χ0n) is 13.1. The molecule has 0 unspecified atom stereocenters. The standard InChI is InChI=1S/C17H17N3O2S/c1-10-4-6-14(22-3)12(8-10)17(21)18-16-9-13(19-20-16)15-7-5-11(2)23-15/h4-9H,1-3H3,(H2,18,19,20,21). The van der Waals surface area contributed by atoms with Crippen molar-refractivity contribution in [2.24, 2.45) is 0 Å². The molecule has 3 aromatic rings. The zero-order chi connectivity index (χ0) is 16.4. The molecule has 23 heavy (non-hydrogen) atoms. The van der Waals surface area contributed by atoms with Gasteiger partial charge in [0.15, 0.2) is 5.82 Å². The normalized spacial score (nSPS) is 10.6. The molecular weight excluding hydrogens is 310 g/mol. The first-order valence-corrected chi connectivity index (χ1v) is 7.96. The topological polar surface area (TPSA) is 67.0 Å². The first-order valence-electron chi connectivity index (χ1n) is 7.15. The summed E-state index contributed by atoms with van der Waals surface area (Å²) in [5.41, 5.74) is 2.37. The summed E-state index contributed by atoms with van der Waals surface area (Å²) in [7, 11) is 1.55. The van der Waals surface area contributed by atoms with Gasteiger partial charge >= 0.3 is 0 Å². The minimum atomic E-state index is -0.244. The van der Waals surface area contributed by atoms with E-state index in [0.717, 1.165) is 16.1 Å². The summed E-state index contributed by atoms with van der Waals surface area (Å²) in [5, 5.41) is 9.90. The number of carbonyl (C=O) groups is 1. The average molecular weight is 327 g/mol. The lowest BCUT2D eigenvalue weighted by Gasteiger charge is -2.08. The summed E-state index contributed by atoms with van der Waals surface area (Å²) in [4.78, 5) is 14.8. The maximum absolute atomic E-state index is 12.5. The predicted octanol–water partition coefficient (Wildman–Crippen LogP) is 4.02. The number of ether oxygens (including phenoxy) is 1. The van der Waals surface area contributed by atoms with E-state index in [-0.39, 0.29) is 5.91 Å². The third-order valence-corrected chi connectivity index (χ3v) is 4.46. The van der Waals surface area contributed by atoms with E-state index in [4.69, 9.17) is 4.74 Å². The number of aryl methyl sites for hydroxylation is 2. The fourth-order valence-electron chi connectivity index (χ4n) is 2.27. The van der Waals surface area contributed by atoms with Gasteiger partial charge in [-0.1, -0.05) is 11.6 Å². The Morgan fingerprint density at radius 2 is 2.04 bits per heavy atom. The molecule has 118 valence electrons. The molecule has 0 aliphatic rings. The summed E-state index contributed by atoms with van der Waals surface area (Å²) >= 11 is 1.67. The van der Waals surface area contributed by atoms with E-state index in [0.29, 0.717) is 17.1 Å². The highest BCUT2D eigenvalue weighted by atomic mass is 32.1. The number of benzene rings is 1. The number of methoxy groups -OCH3 is 1. The highest BCUT2D eigenvalue weighted by molar-refractivity contribution is 7.15. The molecule has 1 amide bonds. The number of rotatable bonds is 4. The van der Waals surface area contributed by atoms with Gasteiger partial charge in [-0.2, -0.15) is 5.10 Å². The van der Waals surface area contributed by atoms with Crippen LogP contribution in [-0.4, -0.2) is 23.2 Å². The lowest BCUT2D eigenvalue weighted by molar-refractivity contribution is 0.102. The van der Waals surface area contributed by atoms with E-state index in [1.165, 1.54) is 4.88 Å². The van der Waals surface area contributed by atoms with Gasteiger partial charge in [0, 0.05) is 10.9 Å². The largest absolute Gasteiger partial charge is 0.496 e. The number of aromatic nitrogens is 2. The number of carbonyl (C=O) groups excluding carboxylic acids is 1. The molecule has 0 saturated carbocycles. The van der Waals surface area contributed by atoms with Crippen LogP contribution in [0.1, 0.15) is 20.8 Å². The third kappa shape index (κ3) is 3.27. The molecule has 0 spiro atoms. The third-order valence-electron chi connectivity index (χ3n) is 3.42. The molecule has 0 atom stereocenters. The van der Waals surface area contributed by atoms with Crippen molar-refractivity contribution in [2.75, 3.05) is 12.4 Å². The number of anilines is 1. The minimum absolute atomic E-state index is 0.244. The van der Waals surface area contributed by atoms with E-state index in [1.807, 2.05) is 25.1 Å². The number of aromatic amines is 1. The van der Waals surface area contributed by atoms with Crippen LogP contribution >= 0.6 is 11.3 Å². The van der Waals surface area contributed by atoms with Crippen LogP contribution in [0, 0.1) is 13.8 Å². The Morgan fingerprint density at radius 3 is 2.74 bits per heavy atom. The first kappa shape index (κ1) is 15.3. The maximum Gasteiger partial charge on any atom is 0.260 e. The van der Waals surface area contributed by atoms with E-state index in [2.05, 4.69) is 28.5 Å². The molecule has 0 saturated heterocycles. The van der Waals surface area contributed by atoms with E-state index in [9.17, 15) is 4.79 Å². The predicted molar refractivity (Wildman–Crippen MR) is 92.3 cm³/mol. The van der Waals surface area contributed by atoms with Crippen LogP contribution in [0.25, 0.3) is 10.6 Å². The number of thiophene rings is 1. The van der Waals surface area contributed by atoms with Gasteiger partial charge in [-0.15, -0.1) is 11.3 Å². The van der Waals surface area contributed by atoms with Gasteiger partial charge < -0.3 is 10.1 Å². The summed E-state index contributed by atoms with van der Waals surface area (Å²) in [6.45, 7) is 3.99. The monoisotopic (exact) mass is 327 g/mol. The summed E-state index contributed by atoms with van der Waals surface area (Å²) in [6.07, 6.45) is 0. The molecule has 6 heteroatoms. The Labute approximate surface area is 138 Å². The van der Waals surface area contributed by atoms with Gasteiger partial charge in [0.1, 0.15) is 5.75 Å². The van der Waals surface area contributed by atoms with Crippen LogP contribution in [0.2, 0.25) is 0 Å². The van der Waals surface area contributed by atoms with E-state index < -0.39 is 0 Å². The molecule has 0 bridgehead atoms. The van der Waals surface area contributed by atoms with Crippen LogP contribution in [0.4, 0.5) is 5.82 Å². The van der Waals surface area contributed by atoms with Gasteiger partial charge in [-0.05, 0) is 38.1 Å². The Morgan fingerprint density at radius 1 is 1.22 bits per heavy atom. The number of H-pyrrole nitrogens is 1. The maximum atomic E-state index is 12.5. The molecule has 0 radical (unpaired) electrons. The molecule has 2 N–H and O–H groups in total. The van der Waals surface area contributed by atoms with Crippen LogP contribution in [0.5, 0.6) is 5.75 Å². The van der Waals surface area contributed by atoms with Crippen LogP contribution < -0.4 is 10.1 Å². The lowest BCUT2D eigenvalue weighted by Crippen LogP contribution is -2.13. The minimum Gasteiger partial charge on any atom is -0.496 e. The molecule has 3 rings (SSSR count). The number of hydrogen-bond donors (Lipinski definition) is 2. The van der Waals surface area contributed by atoms with Gasteiger partial charge in [0.2, 0.25) is 0 Å². The Hall–Kier alpha value is -2.60. The Kier molecular flexibility index (Phi) is 4.16. The fourth-order valence-corrected chi connectivity index (χ4v) is 3.11. The van der Waals surface area contributed by atoms with E-state index in [1.54, 1.807) is 30.6 Å². The lowest BCUT2D eigenvalue weighted by atomic mass is 10.1. The van der Waals surface area contributed by atoms with Crippen molar-refractivity contribution < 1.29 is 9.53 Å². The van der Waals surface area contributed by atoms with Gasteiger partial charge in [0.25, 0.3) is 5.91 Å².